The van der Waals surface area contributed by atoms with Crippen LogP contribution in [-0.4, -0.2) is 13.1 Å². The van der Waals surface area contributed by atoms with Gasteiger partial charge in [-0.2, -0.15) is 0 Å². The predicted octanol–water partition coefficient (Wildman–Crippen LogP) is 6.61. The molecule has 6 rings (SSSR count). The van der Waals surface area contributed by atoms with Crippen molar-refractivity contribution < 1.29 is 9.53 Å². The van der Waals surface area contributed by atoms with Gasteiger partial charge < -0.3 is 10.1 Å². The van der Waals surface area contributed by atoms with Gasteiger partial charge in [0, 0.05) is 5.92 Å². The maximum atomic E-state index is 12.6. The summed E-state index contributed by atoms with van der Waals surface area (Å²) in [5.41, 5.74) is 4.01. The number of para-hydroxylation sites is 1. The molecule has 1 aliphatic carbocycles. The number of carbonyl (C=O) groups excluding carboxylic acids is 1. The molecule has 31 heavy (non-hydrogen) atoms. The summed E-state index contributed by atoms with van der Waals surface area (Å²) in [6, 6.07) is 25.6. The Morgan fingerprint density at radius 1 is 0.935 bits per heavy atom. The lowest BCUT2D eigenvalue weighted by molar-refractivity contribution is 0.0601. The highest BCUT2D eigenvalue weighted by Crippen LogP contribution is 2.52. The lowest BCUT2D eigenvalue weighted by atomic mass is 9.74. The molecule has 0 unspecified atom stereocenters. The molecule has 0 saturated carbocycles. The first-order chi connectivity index (χ1) is 15.3. The second kappa shape index (κ2) is 6.98. The van der Waals surface area contributed by atoms with E-state index in [1.165, 1.54) is 39.8 Å². The van der Waals surface area contributed by atoms with Crippen molar-refractivity contribution in [2.24, 2.45) is 5.92 Å². The van der Waals surface area contributed by atoms with Gasteiger partial charge in [-0.15, -0.1) is 0 Å². The number of fused-ring (bicyclic) bond motifs is 5. The third-order valence-electron chi connectivity index (χ3n) is 6.93. The summed E-state index contributed by atoms with van der Waals surface area (Å²) in [5, 5.41) is 8.83. The summed E-state index contributed by atoms with van der Waals surface area (Å²) in [4.78, 5) is 12.6. The molecular weight excluding hydrogens is 382 g/mol. The van der Waals surface area contributed by atoms with Gasteiger partial charge in [-0.05, 0) is 57.1 Å². The fraction of sp³-hybridized carbons (Fsp3) is 0.179. The van der Waals surface area contributed by atoms with E-state index in [2.05, 4.69) is 78.1 Å². The average Bonchev–Trinajstić information content (AvgIpc) is 3.32. The minimum Gasteiger partial charge on any atom is -0.465 e. The van der Waals surface area contributed by atoms with Gasteiger partial charge in [-0.3, -0.25) is 0 Å². The van der Waals surface area contributed by atoms with Crippen LogP contribution in [0.3, 0.4) is 0 Å². The first-order valence-electron chi connectivity index (χ1n) is 10.8. The van der Waals surface area contributed by atoms with Crippen molar-refractivity contribution in [2.75, 3.05) is 12.4 Å². The topological polar surface area (TPSA) is 38.3 Å². The number of rotatable bonds is 2. The third-order valence-corrected chi connectivity index (χ3v) is 6.93. The quantitative estimate of drug-likeness (QED) is 0.232. The Morgan fingerprint density at radius 3 is 2.35 bits per heavy atom. The van der Waals surface area contributed by atoms with Crippen molar-refractivity contribution in [3.8, 4) is 0 Å². The van der Waals surface area contributed by atoms with E-state index < -0.39 is 0 Å². The molecule has 4 aromatic rings. The van der Waals surface area contributed by atoms with Gasteiger partial charge in [0.05, 0.1) is 24.4 Å². The van der Waals surface area contributed by atoms with E-state index in [0.717, 1.165) is 12.1 Å². The monoisotopic (exact) mass is 405 g/mol. The van der Waals surface area contributed by atoms with Gasteiger partial charge >= 0.3 is 5.97 Å². The summed E-state index contributed by atoms with van der Waals surface area (Å²) in [7, 11) is 1.44. The maximum Gasteiger partial charge on any atom is 0.339 e. The minimum atomic E-state index is -0.300. The molecule has 1 N–H and O–H groups in total. The van der Waals surface area contributed by atoms with Crippen molar-refractivity contribution in [2.45, 2.75) is 18.4 Å². The first-order valence-corrected chi connectivity index (χ1v) is 10.8. The lowest BCUT2D eigenvalue weighted by Crippen LogP contribution is -2.30. The van der Waals surface area contributed by atoms with Crippen molar-refractivity contribution in [3.05, 3.63) is 102 Å². The first kappa shape index (κ1) is 18.2. The highest BCUT2D eigenvalue weighted by molar-refractivity contribution is 6.03. The number of ether oxygens (including phenoxy) is 1. The number of methoxy groups -OCH3 is 1. The average molecular weight is 405 g/mol. The molecule has 0 fully saturated rings. The summed E-state index contributed by atoms with van der Waals surface area (Å²) < 4.78 is 5.10. The molecule has 3 atom stereocenters. The number of nitrogens with one attached hydrogen (secondary N) is 1. The van der Waals surface area contributed by atoms with Crippen LogP contribution < -0.4 is 5.32 Å². The van der Waals surface area contributed by atoms with E-state index in [-0.39, 0.29) is 17.9 Å². The van der Waals surface area contributed by atoms with Gasteiger partial charge in [0.2, 0.25) is 0 Å². The van der Waals surface area contributed by atoms with Crippen molar-refractivity contribution in [3.63, 3.8) is 0 Å². The van der Waals surface area contributed by atoms with Gasteiger partial charge in [-0.25, -0.2) is 4.79 Å². The molecular formula is C28H23NO2. The van der Waals surface area contributed by atoms with Crippen LogP contribution >= 0.6 is 0 Å². The van der Waals surface area contributed by atoms with E-state index >= 15 is 0 Å². The smallest absolute Gasteiger partial charge is 0.339 e. The molecule has 3 heteroatoms. The predicted molar refractivity (Wildman–Crippen MR) is 126 cm³/mol. The molecule has 0 amide bonds. The lowest BCUT2D eigenvalue weighted by Gasteiger charge is -2.39. The Bertz CT molecular complexity index is 1320. The molecule has 3 nitrogen and oxygen atoms in total. The summed E-state index contributed by atoms with van der Waals surface area (Å²) in [6.45, 7) is 0. The Labute approximate surface area is 181 Å². The number of esters is 1. The summed E-state index contributed by atoms with van der Waals surface area (Å²) >= 11 is 0. The van der Waals surface area contributed by atoms with Crippen LogP contribution in [0.2, 0.25) is 0 Å². The second-order valence-electron chi connectivity index (χ2n) is 8.47. The number of benzene rings is 4. The van der Waals surface area contributed by atoms with E-state index in [0.29, 0.717) is 11.5 Å². The molecule has 4 aromatic carbocycles. The molecule has 2 aliphatic rings. The fourth-order valence-electron chi connectivity index (χ4n) is 5.57. The Hall–Kier alpha value is -3.59. The molecule has 152 valence electrons. The van der Waals surface area contributed by atoms with Gasteiger partial charge in [-0.1, -0.05) is 72.8 Å². The van der Waals surface area contributed by atoms with Crippen LogP contribution in [-0.2, 0) is 4.74 Å². The van der Waals surface area contributed by atoms with Crippen molar-refractivity contribution in [1.82, 2.24) is 0 Å². The zero-order valence-electron chi connectivity index (χ0n) is 17.3. The molecule has 0 aromatic heterocycles. The fourth-order valence-corrected chi connectivity index (χ4v) is 5.57. The summed E-state index contributed by atoms with van der Waals surface area (Å²) in [5.74, 6) is 0.379. The van der Waals surface area contributed by atoms with Crippen LogP contribution in [0.25, 0.3) is 21.5 Å². The highest BCUT2D eigenvalue weighted by Gasteiger charge is 2.40. The van der Waals surface area contributed by atoms with Gasteiger partial charge in [0.25, 0.3) is 0 Å². The van der Waals surface area contributed by atoms with Gasteiger partial charge in [0.1, 0.15) is 0 Å². The zero-order valence-corrected chi connectivity index (χ0v) is 17.3. The van der Waals surface area contributed by atoms with E-state index in [4.69, 9.17) is 4.74 Å². The van der Waals surface area contributed by atoms with Crippen LogP contribution in [0.5, 0.6) is 0 Å². The Morgan fingerprint density at radius 2 is 1.65 bits per heavy atom. The number of carbonyl (C=O) groups is 1. The van der Waals surface area contributed by atoms with Gasteiger partial charge in [0.15, 0.2) is 0 Å². The van der Waals surface area contributed by atoms with Crippen molar-refractivity contribution >= 4 is 33.2 Å². The second-order valence-corrected chi connectivity index (χ2v) is 8.47. The molecule has 1 heterocycles. The van der Waals surface area contributed by atoms with E-state index in [1.54, 1.807) is 0 Å². The van der Waals surface area contributed by atoms with Crippen LogP contribution in [0, 0.1) is 5.92 Å². The van der Waals surface area contributed by atoms with Crippen molar-refractivity contribution in [1.29, 1.82) is 0 Å². The molecule has 0 saturated heterocycles. The largest absolute Gasteiger partial charge is 0.465 e. The third kappa shape index (κ3) is 2.70. The van der Waals surface area contributed by atoms with E-state index in [1.807, 2.05) is 12.1 Å². The van der Waals surface area contributed by atoms with E-state index in [9.17, 15) is 4.79 Å². The normalized spacial score (nSPS) is 21.5. The molecule has 0 radical (unpaired) electrons. The minimum absolute atomic E-state index is 0.0920. The SMILES string of the molecule is COC(=O)c1cccc2c1N[C@@H](c1c3ccccc3cc3ccccc13)[C@H]1CC=C[C@@H]21. The maximum absolute atomic E-state index is 12.6. The number of anilines is 1. The molecule has 1 aliphatic heterocycles. The number of hydrogen-bond donors (Lipinski definition) is 1. The highest BCUT2D eigenvalue weighted by atomic mass is 16.5. The van der Waals surface area contributed by atoms with Crippen LogP contribution in [0.1, 0.15) is 39.9 Å². The Balaban J connectivity index is 1.63. The summed E-state index contributed by atoms with van der Waals surface area (Å²) in [6.07, 6.45) is 5.62. The number of allylic oxidation sites excluding steroid dienone is 2. The Kier molecular flexibility index (Phi) is 4.10. The van der Waals surface area contributed by atoms with Crippen LogP contribution in [0.4, 0.5) is 5.69 Å². The number of hydrogen-bond acceptors (Lipinski definition) is 3. The standard InChI is InChI=1S/C28H23NO2/c1-31-28(30)24-15-7-13-22-21-12-6-14-23(21)27(29-26(22)24)25-19-10-4-2-8-17(19)16-18-9-3-5-11-20(18)25/h2-13,15-16,21,23,27,29H,14H2,1H3/t21-,23-,27+/m0/s1. The van der Waals surface area contributed by atoms with Crippen LogP contribution in [0.15, 0.2) is 84.9 Å². The zero-order chi connectivity index (χ0) is 20.9. The molecule has 0 spiro atoms. The molecule has 0 bridgehead atoms.